The number of anilines is 3. The van der Waals surface area contributed by atoms with Gasteiger partial charge < -0.3 is 11.1 Å². The monoisotopic (exact) mass is 512 g/mol. The van der Waals surface area contributed by atoms with E-state index in [2.05, 4.69) is 145 Å². The molecule has 7 aromatic carbocycles. The maximum Gasteiger partial charge on any atom is 0.0464 e. The second-order valence-electron chi connectivity index (χ2n) is 10.1. The van der Waals surface area contributed by atoms with Crippen LogP contribution >= 0.6 is 0 Å². The van der Waals surface area contributed by atoms with Gasteiger partial charge in [0, 0.05) is 22.6 Å². The van der Waals surface area contributed by atoms with Crippen LogP contribution in [0.2, 0.25) is 0 Å². The predicted octanol–water partition coefficient (Wildman–Crippen LogP) is 10.3. The Morgan fingerprint density at radius 1 is 0.400 bits per heavy atom. The smallest absolute Gasteiger partial charge is 0.0464 e. The molecular weight excluding hydrogens is 484 g/mol. The zero-order valence-corrected chi connectivity index (χ0v) is 22.0. The van der Waals surface area contributed by atoms with E-state index in [1.165, 1.54) is 43.8 Å². The third kappa shape index (κ3) is 4.46. The molecule has 0 spiro atoms. The number of nitrogens with one attached hydrogen (secondary N) is 1. The van der Waals surface area contributed by atoms with E-state index in [-0.39, 0.29) is 0 Å². The Balaban J connectivity index is 1.34. The van der Waals surface area contributed by atoms with Crippen molar-refractivity contribution in [3.8, 4) is 33.4 Å². The average Bonchev–Trinajstić information content (AvgIpc) is 3.02. The molecule has 40 heavy (non-hydrogen) atoms. The van der Waals surface area contributed by atoms with E-state index in [9.17, 15) is 0 Å². The standard InChI is InChI=1S/C38H28N2/c39-31-20-15-26(16-21-31)27-17-22-32(23-18-27)40-38-24-19-30(35-13-5-9-28-7-1-3-11-33(28)35)25-37(38)36-14-6-10-29-8-2-4-12-34(29)36/h1-25,40H,39H2. The molecule has 0 aliphatic rings. The van der Waals surface area contributed by atoms with Crippen molar-refractivity contribution in [1.82, 2.24) is 0 Å². The second-order valence-corrected chi connectivity index (χ2v) is 10.1. The van der Waals surface area contributed by atoms with Crippen molar-refractivity contribution in [2.45, 2.75) is 0 Å². The van der Waals surface area contributed by atoms with Gasteiger partial charge in [-0.05, 0) is 85.8 Å². The summed E-state index contributed by atoms with van der Waals surface area (Å²) in [5.41, 5.74) is 15.9. The van der Waals surface area contributed by atoms with Gasteiger partial charge in [-0.3, -0.25) is 0 Å². The first kappa shape index (κ1) is 23.8. The number of rotatable bonds is 5. The minimum atomic E-state index is 0.773. The summed E-state index contributed by atoms with van der Waals surface area (Å²) in [5.74, 6) is 0. The number of nitrogen functional groups attached to an aromatic ring is 1. The lowest BCUT2D eigenvalue weighted by Crippen LogP contribution is -1.95. The quantitative estimate of drug-likeness (QED) is 0.225. The number of fused-ring (bicyclic) bond motifs is 2. The zero-order chi connectivity index (χ0) is 26.9. The van der Waals surface area contributed by atoms with Gasteiger partial charge in [-0.15, -0.1) is 0 Å². The molecule has 7 aromatic rings. The van der Waals surface area contributed by atoms with Crippen LogP contribution in [-0.4, -0.2) is 0 Å². The highest BCUT2D eigenvalue weighted by Crippen LogP contribution is 2.39. The molecule has 0 aromatic heterocycles. The Morgan fingerprint density at radius 3 is 1.60 bits per heavy atom. The lowest BCUT2D eigenvalue weighted by atomic mass is 9.92. The van der Waals surface area contributed by atoms with E-state index in [0.717, 1.165) is 28.2 Å². The molecule has 2 heteroatoms. The van der Waals surface area contributed by atoms with Gasteiger partial charge in [-0.1, -0.05) is 115 Å². The van der Waals surface area contributed by atoms with Crippen LogP contribution in [0.1, 0.15) is 0 Å². The molecule has 0 aliphatic carbocycles. The summed E-state index contributed by atoms with van der Waals surface area (Å²) >= 11 is 0. The van der Waals surface area contributed by atoms with Crippen molar-refractivity contribution in [3.05, 3.63) is 152 Å². The van der Waals surface area contributed by atoms with Crippen LogP contribution in [0.3, 0.4) is 0 Å². The van der Waals surface area contributed by atoms with E-state index in [4.69, 9.17) is 5.73 Å². The molecule has 7 rings (SSSR count). The first-order valence-electron chi connectivity index (χ1n) is 13.6. The van der Waals surface area contributed by atoms with Gasteiger partial charge in [0.2, 0.25) is 0 Å². The molecule has 2 nitrogen and oxygen atoms in total. The summed E-state index contributed by atoms with van der Waals surface area (Å²) in [6, 6.07) is 53.6. The first-order valence-corrected chi connectivity index (χ1v) is 13.6. The molecule has 0 radical (unpaired) electrons. The molecule has 3 N–H and O–H groups in total. The molecule has 0 amide bonds. The fourth-order valence-electron chi connectivity index (χ4n) is 5.56. The zero-order valence-electron chi connectivity index (χ0n) is 22.0. The van der Waals surface area contributed by atoms with Gasteiger partial charge >= 0.3 is 0 Å². The molecule has 0 atom stereocenters. The van der Waals surface area contributed by atoms with Gasteiger partial charge in [-0.2, -0.15) is 0 Å². The van der Waals surface area contributed by atoms with Crippen LogP contribution in [0.5, 0.6) is 0 Å². The van der Waals surface area contributed by atoms with E-state index in [1.54, 1.807) is 0 Å². The van der Waals surface area contributed by atoms with Crippen LogP contribution in [0, 0.1) is 0 Å². The Labute approximate surface area is 234 Å². The Bertz CT molecular complexity index is 1960. The molecule has 0 unspecified atom stereocenters. The summed E-state index contributed by atoms with van der Waals surface area (Å²) in [7, 11) is 0. The third-order valence-corrected chi connectivity index (χ3v) is 7.61. The lowest BCUT2D eigenvalue weighted by molar-refractivity contribution is 1.53. The Hall–Kier alpha value is -5.34. The fourth-order valence-corrected chi connectivity index (χ4v) is 5.56. The Morgan fingerprint density at radius 2 is 0.925 bits per heavy atom. The highest BCUT2D eigenvalue weighted by molar-refractivity contribution is 6.03. The largest absolute Gasteiger partial charge is 0.399 e. The molecular formula is C38H28N2. The molecule has 0 aliphatic heterocycles. The average molecular weight is 513 g/mol. The molecule has 190 valence electrons. The molecule has 0 saturated carbocycles. The van der Waals surface area contributed by atoms with Crippen molar-refractivity contribution in [2.75, 3.05) is 11.1 Å². The maximum absolute atomic E-state index is 5.88. The minimum absolute atomic E-state index is 0.773. The van der Waals surface area contributed by atoms with Gasteiger partial charge in [0.05, 0.1) is 0 Å². The highest BCUT2D eigenvalue weighted by atomic mass is 14.9. The van der Waals surface area contributed by atoms with Crippen molar-refractivity contribution in [1.29, 1.82) is 0 Å². The minimum Gasteiger partial charge on any atom is -0.399 e. The second kappa shape index (κ2) is 10.1. The summed E-state index contributed by atoms with van der Waals surface area (Å²) in [6.45, 7) is 0. The fraction of sp³-hybridized carbons (Fsp3) is 0. The Kier molecular flexibility index (Phi) is 5.99. The predicted molar refractivity (Wildman–Crippen MR) is 172 cm³/mol. The van der Waals surface area contributed by atoms with Crippen molar-refractivity contribution in [3.63, 3.8) is 0 Å². The maximum atomic E-state index is 5.88. The highest BCUT2D eigenvalue weighted by Gasteiger charge is 2.13. The van der Waals surface area contributed by atoms with Crippen molar-refractivity contribution < 1.29 is 0 Å². The molecule has 0 bridgehead atoms. The van der Waals surface area contributed by atoms with Gasteiger partial charge in [-0.25, -0.2) is 0 Å². The van der Waals surface area contributed by atoms with Gasteiger partial charge in [0.15, 0.2) is 0 Å². The van der Waals surface area contributed by atoms with Gasteiger partial charge in [0.1, 0.15) is 0 Å². The lowest BCUT2D eigenvalue weighted by Gasteiger charge is -2.17. The van der Waals surface area contributed by atoms with E-state index in [0.29, 0.717) is 0 Å². The van der Waals surface area contributed by atoms with Crippen LogP contribution in [0.25, 0.3) is 54.9 Å². The van der Waals surface area contributed by atoms with E-state index in [1.807, 2.05) is 12.1 Å². The number of hydrogen-bond acceptors (Lipinski definition) is 2. The number of hydrogen-bond donors (Lipinski definition) is 2. The summed E-state index contributed by atoms with van der Waals surface area (Å²) in [5, 5.41) is 8.69. The van der Waals surface area contributed by atoms with Crippen LogP contribution in [0.15, 0.2) is 152 Å². The van der Waals surface area contributed by atoms with Crippen LogP contribution < -0.4 is 11.1 Å². The van der Waals surface area contributed by atoms with E-state index >= 15 is 0 Å². The van der Waals surface area contributed by atoms with Gasteiger partial charge in [0.25, 0.3) is 0 Å². The summed E-state index contributed by atoms with van der Waals surface area (Å²) in [4.78, 5) is 0. The third-order valence-electron chi connectivity index (χ3n) is 7.61. The SMILES string of the molecule is Nc1ccc(-c2ccc(Nc3ccc(-c4cccc5ccccc45)cc3-c3cccc4ccccc34)cc2)cc1. The van der Waals surface area contributed by atoms with Crippen LogP contribution in [-0.2, 0) is 0 Å². The number of benzene rings is 7. The summed E-state index contributed by atoms with van der Waals surface area (Å²) in [6.07, 6.45) is 0. The first-order chi connectivity index (χ1) is 19.7. The summed E-state index contributed by atoms with van der Waals surface area (Å²) < 4.78 is 0. The van der Waals surface area contributed by atoms with Crippen molar-refractivity contribution >= 4 is 38.6 Å². The molecule has 0 heterocycles. The number of nitrogens with two attached hydrogens (primary N) is 1. The topological polar surface area (TPSA) is 38.0 Å². The normalized spacial score (nSPS) is 11.1. The molecule has 0 saturated heterocycles. The van der Waals surface area contributed by atoms with Crippen LogP contribution in [0.4, 0.5) is 17.1 Å². The molecule has 0 fully saturated rings. The van der Waals surface area contributed by atoms with E-state index < -0.39 is 0 Å². The van der Waals surface area contributed by atoms with Crippen molar-refractivity contribution in [2.24, 2.45) is 0 Å².